The van der Waals surface area contributed by atoms with Crippen molar-refractivity contribution in [3.05, 3.63) is 65.3 Å². The van der Waals surface area contributed by atoms with E-state index < -0.39 is 0 Å². The highest BCUT2D eigenvalue weighted by molar-refractivity contribution is 9.10. The van der Waals surface area contributed by atoms with Crippen LogP contribution >= 0.6 is 15.9 Å². The molecule has 0 aliphatic carbocycles. The van der Waals surface area contributed by atoms with Crippen molar-refractivity contribution in [1.29, 1.82) is 0 Å². The van der Waals surface area contributed by atoms with E-state index in [2.05, 4.69) is 36.9 Å². The fourth-order valence-electron chi connectivity index (χ4n) is 2.42. The topological polar surface area (TPSA) is 83.1 Å². The van der Waals surface area contributed by atoms with Crippen LogP contribution in [-0.4, -0.2) is 23.5 Å². The lowest BCUT2D eigenvalue weighted by molar-refractivity contribution is -0.116. The summed E-state index contributed by atoms with van der Waals surface area (Å²) in [6.45, 7) is 0.233. The van der Waals surface area contributed by atoms with Crippen molar-refractivity contribution in [2.45, 2.75) is 6.42 Å². The van der Waals surface area contributed by atoms with Gasteiger partial charge in [-0.3, -0.25) is 9.78 Å². The normalized spacial score (nSPS) is 10.3. The lowest BCUT2D eigenvalue weighted by atomic mass is 10.2. The molecule has 0 atom stereocenters. The molecular weight excluding hydrogens is 396 g/mol. The van der Waals surface area contributed by atoms with Gasteiger partial charge in [0.2, 0.25) is 5.91 Å². The van der Waals surface area contributed by atoms with Crippen LogP contribution in [0.4, 0.5) is 16.2 Å². The number of benzene rings is 2. The van der Waals surface area contributed by atoms with Gasteiger partial charge in [-0.05, 0) is 48.5 Å². The number of aromatic nitrogens is 1. The predicted molar refractivity (Wildman–Crippen MR) is 106 cm³/mol. The highest BCUT2D eigenvalue weighted by Crippen LogP contribution is 2.21. The van der Waals surface area contributed by atoms with Crippen LogP contribution in [0.15, 0.2) is 65.3 Å². The van der Waals surface area contributed by atoms with Gasteiger partial charge in [-0.1, -0.05) is 22.0 Å². The number of anilines is 2. The summed E-state index contributed by atoms with van der Waals surface area (Å²) in [5, 5.41) is 9.11. The maximum Gasteiger partial charge on any atom is 0.319 e. The van der Waals surface area contributed by atoms with Crippen LogP contribution in [0.25, 0.3) is 10.9 Å². The van der Waals surface area contributed by atoms with Crippen LogP contribution in [0.2, 0.25) is 0 Å². The average molecular weight is 413 g/mol. The number of carbonyl (C=O) groups is 2. The molecule has 0 bridgehead atoms. The highest BCUT2D eigenvalue weighted by atomic mass is 79.9. The van der Waals surface area contributed by atoms with Gasteiger partial charge in [0.05, 0.1) is 11.2 Å². The fraction of sp³-hybridized carbons (Fsp3) is 0.105. The molecule has 3 rings (SSSR count). The van der Waals surface area contributed by atoms with E-state index in [1.54, 1.807) is 18.3 Å². The van der Waals surface area contributed by atoms with E-state index in [1.807, 2.05) is 42.5 Å². The van der Waals surface area contributed by atoms with Gasteiger partial charge in [0.15, 0.2) is 0 Å². The molecule has 2 aromatic carbocycles. The van der Waals surface area contributed by atoms with E-state index in [4.69, 9.17) is 0 Å². The second kappa shape index (κ2) is 8.44. The van der Waals surface area contributed by atoms with Gasteiger partial charge in [-0.25, -0.2) is 4.79 Å². The van der Waals surface area contributed by atoms with Crippen LogP contribution in [0.5, 0.6) is 0 Å². The summed E-state index contributed by atoms with van der Waals surface area (Å²) >= 11 is 3.33. The zero-order chi connectivity index (χ0) is 18.4. The van der Waals surface area contributed by atoms with E-state index in [1.165, 1.54) is 0 Å². The number of urea groups is 1. The summed E-state index contributed by atoms with van der Waals surface area (Å²) in [6.07, 6.45) is 1.88. The molecule has 26 heavy (non-hydrogen) atoms. The molecule has 0 aliphatic rings. The Kier molecular flexibility index (Phi) is 5.80. The largest absolute Gasteiger partial charge is 0.337 e. The number of nitrogens with one attached hydrogen (secondary N) is 3. The minimum absolute atomic E-state index is 0.171. The number of nitrogens with zero attached hydrogens (tertiary/aromatic N) is 1. The van der Waals surface area contributed by atoms with E-state index in [0.29, 0.717) is 11.4 Å². The molecule has 132 valence electrons. The van der Waals surface area contributed by atoms with Crippen molar-refractivity contribution in [2.75, 3.05) is 17.2 Å². The second-order valence-electron chi connectivity index (χ2n) is 5.56. The SMILES string of the molecule is O=C(CCNC(=O)Nc1ccc(Br)cc1)Nc1cccc2ncccc12. The third-order valence-electron chi connectivity index (χ3n) is 3.66. The summed E-state index contributed by atoms with van der Waals surface area (Å²) in [7, 11) is 0. The molecule has 3 N–H and O–H groups in total. The molecule has 0 unspecified atom stereocenters. The van der Waals surface area contributed by atoms with Gasteiger partial charge in [0.1, 0.15) is 0 Å². The smallest absolute Gasteiger partial charge is 0.319 e. The maximum absolute atomic E-state index is 12.1. The van der Waals surface area contributed by atoms with Crippen molar-refractivity contribution in [3.8, 4) is 0 Å². The van der Waals surface area contributed by atoms with Gasteiger partial charge >= 0.3 is 6.03 Å². The highest BCUT2D eigenvalue weighted by Gasteiger charge is 2.07. The summed E-state index contributed by atoms with van der Waals surface area (Å²) in [4.78, 5) is 28.2. The molecular formula is C19H17BrN4O2. The molecule has 3 aromatic rings. The van der Waals surface area contributed by atoms with E-state index in [9.17, 15) is 9.59 Å². The van der Waals surface area contributed by atoms with Crippen LogP contribution in [0.3, 0.4) is 0 Å². The van der Waals surface area contributed by atoms with Crippen LogP contribution in [-0.2, 0) is 4.79 Å². The minimum Gasteiger partial charge on any atom is -0.337 e. The molecule has 6 nitrogen and oxygen atoms in total. The number of pyridine rings is 1. The second-order valence-corrected chi connectivity index (χ2v) is 6.48. The zero-order valence-electron chi connectivity index (χ0n) is 13.8. The summed E-state index contributed by atoms with van der Waals surface area (Å²) in [5.41, 5.74) is 2.20. The molecule has 0 radical (unpaired) electrons. The first-order valence-electron chi connectivity index (χ1n) is 8.06. The van der Waals surface area contributed by atoms with Gasteiger partial charge < -0.3 is 16.0 Å². The summed E-state index contributed by atoms with van der Waals surface area (Å²) in [5.74, 6) is -0.176. The third kappa shape index (κ3) is 4.80. The fourth-order valence-corrected chi connectivity index (χ4v) is 2.69. The Morgan fingerprint density at radius 3 is 2.58 bits per heavy atom. The first kappa shape index (κ1) is 17.9. The number of halogens is 1. The monoisotopic (exact) mass is 412 g/mol. The standard InChI is InChI=1S/C19H17BrN4O2/c20-13-6-8-14(9-7-13)23-19(26)22-12-10-18(25)24-17-5-1-4-16-15(17)3-2-11-21-16/h1-9,11H,10,12H2,(H,24,25)(H2,22,23,26). The van der Waals surface area contributed by atoms with E-state index >= 15 is 0 Å². The number of fused-ring (bicyclic) bond motifs is 1. The Balaban J connectivity index is 1.48. The molecule has 0 saturated carbocycles. The van der Waals surface area contributed by atoms with Crippen molar-refractivity contribution in [1.82, 2.24) is 10.3 Å². The van der Waals surface area contributed by atoms with Crippen LogP contribution in [0, 0.1) is 0 Å². The number of carbonyl (C=O) groups excluding carboxylic acids is 2. The molecule has 1 heterocycles. The molecule has 0 spiro atoms. The molecule has 7 heteroatoms. The number of hydrogen-bond donors (Lipinski definition) is 3. The van der Waals surface area contributed by atoms with Gasteiger partial charge in [0, 0.05) is 34.7 Å². The molecule has 0 saturated heterocycles. The lowest BCUT2D eigenvalue weighted by Crippen LogP contribution is -2.31. The minimum atomic E-state index is -0.352. The van der Waals surface area contributed by atoms with Crippen molar-refractivity contribution in [3.63, 3.8) is 0 Å². The third-order valence-corrected chi connectivity index (χ3v) is 4.19. The predicted octanol–water partition coefficient (Wildman–Crippen LogP) is 4.15. The molecule has 1 aromatic heterocycles. The van der Waals surface area contributed by atoms with E-state index in [0.717, 1.165) is 15.4 Å². The zero-order valence-corrected chi connectivity index (χ0v) is 15.4. The average Bonchev–Trinajstić information content (AvgIpc) is 2.64. The summed E-state index contributed by atoms with van der Waals surface area (Å²) in [6, 6.07) is 16.2. The van der Waals surface area contributed by atoms with Crippen LogP contribution < -0.4 is 16.0 Å². The number of rotatable bonds is 5. The van der Waals surface area contributed by atoms with Gasteiger partial charge in [0.25, 0.3) is 0 Å². The lowest BCUT2D eigenvalue weighted by Gasteiger charge is -2.10. The number of hydrogen-bond acceptors (Lipinski definition) is 3. The Hall–Kier alpha value is -2.93. The molecule has 3 amide bonds. The number of amides is 3. The van der Waals surface area contributed by atoms with Gasteiger partial charge in [-0.15, -0.1) is 0 Å². The molecule has 0 fully saturated rings. The molecule has 0 aliphatic heterocycles. The quantitative estimate of drug-likeness (QED) is 0.588. The maximum atomic E-state index is 12.1. The Morgan fingerprint density at radius 1 is 0.962 bits per heavy atom. The van der Waals surface area contributed by atoms with Crippen molar-refractivity contribution >= 4 is 50.1 Å². The Morgan fingerprint density at radius 2 is 1.77 bits per heavy atom. The van der Waals surface area contributed by atoms with E-state index in [-0.39, 0.29) is 24.9 Å². The van der Waals surface area contributed by atoms with Crippen molar-refractivity contribution in [2.24, 2.45) is 0 Å². The Bertz CT molecular complexity index is 923. The first-order chi connectivity index (χ1) is 12.6. The van der Waals surface area contributed by atoms with Gasteiger partial charge in [-0.2, -0.15) is 0 Å². The first-order valence-corrected chi connectivity index (χ1v) is 8.85. The Labute approximate surface area is 159 Å². The summed E-state index contributed by atoms with van der Waals surface area (Å²) < 4.78 is 0.934. The van der Waals surface area contributed by atoms with Crippen molar-refractivity contribution < 1.29 is 9.59 Å². The van der Waals surface area contributed by atoms with Crippen LogP contribution in [0.1, 0.15) is 6.42 Å².